The van der Waals surface area contributed by atoms with Crippen molar-refractivity contribution in [2.45, 2.75) is 19.0 Å². The van der Waals surface area contributed by atoms with Gasteiger partial charge in [-0.05, 0) is 77.2 Å². The molecule has 0 spiro atoms. The van der Waals surface area contributed by atoms with E-state index < -0.39 is 0 Å². The smallest absolute Gasteiger partial charge is 0.159 e. The van der Waals surface area contributed by atoms with Crippen LogP contribution in [0.4, 0.5) is 0 Å². The second kappa shape index (κ2) is 12.8. The van der Waals surface area contributed by atoms with Crippen molar-refractivity contribution in [3.05, 3.63) is 185 Å². The van der Waals surface area contributed by atoms with E-state index in [4.69, 9.17) is 14.4 Å². The molecule has 0 fully saturated rings. The SMILES string of the molecule is C1=c2c(sc3ccc(-c4ccc5oc6c(-n7c8ccccc8c8ccccc87)cccc6c5c4)cc23)=C(C2=NC(c3ccccc3)=NC(c3ccccc3)N2)CC1. The summed E-state index contributed by atoms with van der Waals surface area (Å²) in [6.07, 6.45) is 4.06. The number of hydrogen-bond donors (Lipinski definition) is 1. The molecule has 1 aliphatic carbocycles. The molecule has 6 heteroatoms. The highest BCUT2D eigenvalue weighted by Crippen LogP contribution is 2.39. The molecule has 57 heavy (non-hydrogen) atoms. The number of thiophene rings is 1. The molecular weight excluding hydrogens is 717 g/mol. The van der Waals surface area contributed by atoms with Gasteiger partial charge in [0.1, 0.15) is 17.6 Å². The average molecular weight is 751 g/mol. The van der Waals surface area contributed by atoms with Gasteiger partial charge >= 0.3 is 0 Å². The molecule has 0 radical (unpaired) electrons. The van der Waals surface area contributed by atoms with Crippen LogP contribution in [0.2, 0.25) is 0 Å². The molecular formula is C51H34N4OS. The van der Waals surface area contributed by atoms with Crippen LogP contribution in [0.15, 0.2) is 178 Å². The minimum atomic E-state index is -0.219. The van der Waals surface area contributed by atoms with Crippen molar-refractivity contribution in [3.63, 3.8) is 0 Å². The number of aromatic nitrogens is 1. The third kappa shape index (κ3) is 5.14. The second-order valence-electron chi connectivity index (χ2n) is 14.9. The van der Waals surface area contributed by atoms with Gasteiger partial charge in [0, 0.05) is 47.3 Å². The molecule has 0 bridgehead atoms. The van der Waals surface area contributed by atoms with E-state index in [0.29, 0.717) is 0 Å². The summed E-state index contributed by atoms with van der Waals surface area (Å²) in [4.78, 5) is 10.3. The van der Waals surface area contributed by atoms with Crippen LogP contribution in [-0.4, -0.2) is 16.2 Å². The van der Waals surface area contributed by atoms with E-state index in [-0.39, 0.29) is 6.17 Å². The molecule has 270 valence electrons. The number of hydrogen-bond acceptors (Lipinski definition) is 5. The molecule has 0 saturated heterocycles. The zero-order chi connectivity index (χ0) is 37.5. The van der Waals surface area contributed by atoms with Crippen molar-refractivity contribution >= 4 is 88.5 Å². The Kier molecular flexibility index (Phi) is 7.22. The lowest BCUT2D eigenvalue weighted by molar-refractivity contribution is 0.666. The number of nitrogens with one attached hydrogen (secondary N) is 1. The maximum atomic E-state index is 6.72. The van der Waals surface area contributed by atoms with E-state index in [2.05, 4.69) is 155 Å². The average Bonchev–Trinajstić information content (AvgIpc) is 3.96. The van der Waals surface area contributed by atoms with E-state index in [9.17, 15) is 0 Å². The van der Waals surface area contributed by atoms with Crippen LogP contribution in [0.5, 0.6) is 0 Å². The van der Waals surface area contributed by atoms with Crippen LogP contribution < -0.4 is 15.1 Å². The first-order valence-corrected chi connectivity index (χ1v) is 20.3. The summed E-state index contributed by atoms with van der Waals surface area (Å²) in [5, 5.41) is 11.0. The summed E-state index contributed by atoms with van der Waals surface area (Å²) < 4.78 is 11.6. The first-order valence-electron chi connectivity index (χ1n) is 19.5. The first kappa shape index (κ1) is 32.2. The Morgan fingerprint density at radius 2 is 1.30 bits per heavy atom. The zero-order valence-corrected chi connectivity index (χ0v) is 31.6. The normalized spacial score (nSPS) is 15.5. The van der Waals surface area contributed by atoms with Gasteiger partial charge in [0.25, 0.3) is 0 Å². The molecule has 1 atom stereocenters. The minimum absolute atomic E-state index is 0.219. The predicted molar refractivity (Wildman–Crippen MR) is 238 cm³/mol. The minimum Gasteiger partial charge on any atom is -0.454 e. The van der Waals surface area contributed by atoms with Crippen LogP contribution in [0.25, 0.3) is 82.3 Å². The van der Waals surface area contributed by atoms with Gasteiger partial charge in [0.15, 0.2) is 11.4 Å². The molecule has 0 amide bonds. The highest BCUT2D eigenvalue weighted by Gasteiger charge is 2.24. The highest BCUT2D eigenvalue weighted by atomic mass is 32.1. The molecule has 5 nitrogen and oxygen atoms in total. The predicted octanol–water partition coefficient (Wildman–Crippen LogP) is 11.4. The molecule has 7 aromatic carbocycles. The fraction of sp³-hybridized carbons (Fsp3) is 0.0588. The van der Waals surface area contributed by atoms with Crippen molar-refractivity contribution in [2.24, 2.45) is 9.98 Å². The molecule has 10 aromatic rings. The first-order chi connectivity index (χ1) is 28.2. The topological polar surface area (TPSA) is 54.8 Å². The van der Waals surface area contributed by atoms with E-state index in [0.717, 1.165) is 63.3 Å². The third-order valence-corrected chi connectivity index (χ3v) is 12.8. The second-order valence-corrected chi connectivity index (χ2v) is 15.9. The third-order valence-electron chi connectivity index (χ3n) is 11.5. The molecule has 1 unspecified atom stereocenters. The molecule has 1 aliphatic heterocycles. The zero-order valence-electron chi connectivity index (χ0n) is 30.8. The molecule has 4 heterocycles. The summed E-state index contributed by atoms with van der Waals surface area (Å²) in [6.45, 7) is 0. The Labute approximate surface area is 331 Å². The Morgan fingerprint density at radius 3 is 2.09 bits per heavy atom. The van der Waals surface area contributed by atoms with Crippen LogP contribution in [0, 0.1) is 0 Å². The molecule has 12 rings (SSSR count). The maximum absolute atomic E-state index is 6.72. The Morgan fingerprint density at radius 1 is 0.614 bits per heavy atom. The lowest BCUT2D eigenvalue weighted by Crippen LogP contribution is -2.38. The van der Waals surface area contributed by atoms with E-state index in [1.165, 1.54) is 58.3 Å². The Balaban J connectivity index is 0.974. The molecule has 0 saturated carbocycles. The number of nitrogens with zero attached hydrogens (tertiary/aromatic N) is 3. The number of para-hydroxylation sites is 3. The van der Waals surface area contributed by atoms with Crippen LogP contribution in [-0.2, 0) is 0 Å². The van der Waals surface area contributed by atoms with Gasteiger partial charge in [-0.2, -0.15) is 0 Å². The maximum Gasteiger partial charge on any atom is 0.159 e. The number of amidine groups is 2. The molecule has 2 aliphatic rings. The number of furan rings is 1. The molecule has 3 aromatic heterocycles. The van der Waals surface area contributed by atoms with E-state index >= 15 is 0 Å². The summed E-state index contributed by atoms with van der Waals surface area (Å²) in [5.41, 5.74) is 10.9. The van der Waals surface area contributed by atoms with Crippen molar-refractivity contribution in [1.82, 2.24) is 9.88 Å². The summed E-state index contributed by atoms with van der Waals surface area (Å²) in [5.74, 6) is 1.67. The van der Waals surface area contributed by atoms with Gasteiger partial charge in [-0.1, -0.05) is 127 Å². The van der Waals surface area contributed by atoms with Crippen molar-refractivity contribution in [3.8, 4) is 16.8 Å². The van der Waals surface area contributed by atoms with Gasteiger partial charge < -0.3 is 14.3 Å². The number of benzene rings is 7. The fourth-order valence-corrected chi connectivity index (χ4v) is 10.1. The van der Waals surface area contributed by atoms with Crippen LogP contribution >= 0.6 is 11.3 Å². The lowest BCUT2D eigenvalue weighted by atomic mass is 9.98. The highest BCUT2D eigenvalue weighted by molar-refractivity contribution is 7.17. The Bertz CT molecular complexity index is 3390. The van der Waals surface area contributed by atoms with Gasteiger partial charge in [-0.3, -0.25) is 0 Å². The van der Waals surface area contributed by atoms with Crippen molar-refractivity contribution in [2.75, 3.05) is 0 Å². The number of aliphatic imine (C=N–C) groups is 2. The molecule has 1 N–H and O–H groups in total. The fourth-order valence-electron chi connectivity index (χ4n) is 8.87. The van der Waals surface area contributed by atoms with Crippen LogP contribution in [0.1, 0.15) is 30.1 Å². The van der Waals surface area contributed by atoms with Crippen molar-refractivity contribution < 1.29 is 4.42 Å². The van der Waals surface area contributed by atoms with Gasteiger partial charge in [-0.15, -0.1) is 11.3 Å². The van der Waals surface area contributed by atoms with Gasteiger partial charge in [-0.25, -0.2) is 9.98 Å². The lowest BCUT2D eigenvalue weighted by Gasteiger charge is -2.25. The Hall–Kier alpha value is -7.02. The largest absolute Gasteiger partial charge is 0.454 e. The van der Waals surface area contributed by atoms with Gasteiger partial charge in [0.05, 0.1) is 16.7 Å². The van der Waals surface area contributed by atoms with E-state index in [1.54, 1.807) is 0 Å². The monoisotopic (exact) mass is 750 g/mol. The van der Waals surface area contributed by atoms with Crippen molar-refractivity contribution in [1.29, 1.82) is 0 Å². The number of rotatable bonds is 5. The van der Waals surface area contributed by atoms with Gasteiger partial charge in [0.2, 0.25) is 0 Å². The van der Waals surface area contributed by atoms with Crippen LogP contribution in [0.3, 0.4) is 0 Å². The summed E-state index contributed by atoms with van der Waals surface area (Å²) >= 11 is 1.86. The number of fused-ring (bicyclic) bond motifs is 9. The quantitative estimate of drug-likeness (QED) is 0.190. The summed E-state index contributed by atoms with van der Waals surface area (Å²) in [7, 11) is 0. The van der Waals surface area contributed by atoms with E-state index in [1.807, 2.05) is 35.6 Å². The standard InChI is InChI=1S/C51H34N4OS/c1-3-13-31(14-4-1)49-52-50(32-15-5-2-6-16-32)54-51(53-49)39-21-11-20-38-41-30-34(26-28-46(41)57-48(38)39)33-25-27-45-40(29-33)37-19-12-24-44(47(37)56-45)55-42-22-9-7-17-35(42)36-18-8-10-23-43(36)55/h1-10,12-20,22-30,49H,11,21H2,(H,52,53,54). The summed E-state index contributed by atoms with van der Waals surface area (Å²) in [6, 6.07) is 58.1.